The Morgan fingerprint density at radius 1 is 1.00 bits per heavy atom. The third kappa shape index (κ3) is 3.92. The summed E-state index contributed by atoms with van der Waals surface area (Å²) in [6, 6.07) is 15.4. The molecule has 3 heteroatoms. The van der Waals surface area contributed by atoms with Crippen molar-refractivity contribution in [1.82, 2.24) is 0 Å². The number of aromatic hydroxyl groups is 1. The number of benzene rings is 2. The Labute approximate surface area is 120 Å². The Hall–Kier alpha value is -2.16. The first kappa shape index (κ1) is 14.3. The fourth-order valence-electron chi connectivity index (χ4n) is 2.04. The number of ether oxygens (including phenoxy) is 1. The minimum atomic E-state index is 0.157. The summed E-state index contributed by atoms with van der Waals surface area (Å²) in [5, 5.41) is 12.8. The van der Waals surface area contributed by atoms with E-state index in [4.69, 9.17) is 4.74 Å². The molecule has 20 heavy (non-hydrogen) atoms. The van der Waals surface area contributed by atoms with Crippen molar-refractivity contribution in [2.24, 2.45) is 0 Å². The second-order valence-electron chi connectivity index (χ2n) is 5.15. The van der Waals surface area contributed by atoms with Gasteiger partial charge in [-0.05, 0) is 50.6 Å². The van der Waals surface area contributed by atoms with Gasteiger partial charge in [-0.2, -0.15) is 0 Å². The van der Waals surface area contributed by atoms with E-state index in [0.717, 1.165) is 11.4 Å². The fourth-order valence-corrected chi connectivity index (χ4v) is 2.04. The summed E-state index contributed by atoms with van der Waals surface area (Å²) in [5.74, 6) is 1.15. The lowest BCUT2D eigenvalue weighted by molar-refractivity contribution is 0.242. The predicted molar refractivity (Wildman–Crippen MR) is 82.4 cm³/mol. The average molecular weight is 271 g/mol. The Morgan fingerprint density at radius 3 is 2.30 bits per heavy atom. The van der Waals surface area contributed by atoms with Gasteiger partial charge in [0, 0.05) is 17.8 Å². The Balaban J connectivity index is 2.03. The minimum absolute atomic E-state index is 0.157. The van der Waals surface area contributed by atoms with Crippen LogP contribution in [-0.4, -0.2) is 11.2 Å². The van der Waals surface area contributed by atoms with Crippen molar-refractivity contribution in [2.75, 3.05) is 5.32 Å². The number of rotatable bonds is 5. The van der Waals surface area contributed by atoms with E-state index >= 15 is 0 Å². The molecule has 2 aromatic carbocycles. The molecule has 0 bridgehead atoms. The highest BCUT2D eigenvalue weighted by atomic mass is 16.5. The van der Waals surface area contributed by atoms with Crippen LogP contribution < -0.4 is 10.1 Å². The Kier molecular flexibility index (Phi) is 4.51. The third-order valence-corrected chi connectivity index (χ3v) is 2.98. The molecule has 0 fully saturated rings. The highest BCUT2D eigenvalue weighted by Gasteiger charge is 2.06. The maximum atomic E-state index is 9.46. The normalized spacial score (nSPS) is 12.2. The van der Waals surface area contributed by atoms with E-state index in [1.807, 2.05) is 38.1 Å². The lowest BCUT2D eigenvalue weighted by Gasteiger charge is -2.17. The molecule has 0 radical (unpaired) electrons. The van der Waals surface area contributed by atoms with Crippen LogP contribution in [0.1, 0.15) is 32.4 Å². The monoisotopic (exact) mass is 271 g/mol. The van der Waals surface area contributed by atoms with Gasteiger partial charge in [-0.1, -0.05) is 18.2 Å². The molecule has 1 unspecified atom stereocenters. The van der Waals surface area contributed by atoms with Gasteiger partial charge >= 0.3 is 0 Å². The van der Waals surface area contributed by atoms with Crippen LogP contribution in [0.4, 0.5) is 5.69 Å². The van der Waals surface area contributed by atoms with Crippen LogP contribution >= 0.6 is 0 Å². The maximum Gasteiger partial charge on any atom is 0.119 e. The smallest absolute Gasteiger partial charge is 0.119 e. The van der Waals surface area contributed by atoms with Gasteiger partial charge in [-0.3, -0.25) is 0 Å². The molecule has 0 aromatic heterocycles. The lowest BCUT2D eigenvalue weighted by Crippen LogP contribution is -2.08. The molecule has 0 aliphatic rings. The predicted octanol–water partition coefficient (Wildman–Crippen LogP) is 4.35. The molecular weight excluding hydrogens is 250 g/mol. The summed E-state index contributed by atoms with van der Waals surface area (Å²) >= 11 is 0. The van der Waals surface area contributed by atoms with E-state index < -0.39 is 0 Å². The number of phenols is 1. The Morgan fingerprint density at radius 2 is 1.70 bits per heavy atom. The molecule has 106 valence electrons. The van der Waals surface area contributed by atoms with Gasteiger partial charge < -0.3 is 15.2 Å². The summed E-state index contributed by atoms with van der Waals surface area (Å²) in [6.45, 7) is 6.11. The van der Waals surface area contributed by atoms with Gasteiger partial charge in [-0.25, -0.2) is 0 Å². The van der Waals surface area contributed by atoms with Crippen molar-refractivity contribution in [3.63, 3.8) is 0 Å². The van der Waals surface area contributed by atoms with Gasteiger partial charge in [0.2, 0.25) is 0 Å². The number of phenolic OH excluding ortho intramolecular Hbond substituents is 1. The van der Waals surface area contributed by atoms with Crippen LogP contribution in [0.25, 0.3) is 0 Å². The van der Waals surface area contributed by atoms with Gasteiger partial charge in [0.15, 0.2) is 0 Å². The minimum Gasteiger partial charge on any atom is -0.508 e. The second kappa shape index (κ2) is 6.33. The molecule has 0 aliphatic carbocycles. The number of nitrogens with one attached hydrogen (secondary N) is 1. The molecule has 1 atom stereocenters. The summed E-state index contributed by atoms with van der Waals surface area (Å²) in [6.07, 6.45) is 0.184. The van der Waals surface area contributed by atoms with Gasteiger partial charge in [0.25, 0.3) is 0 Å². The molecule has 0 aliphatic heterocycles. The van der Waals surface area contributed by atoms with Crippen molar-refractivity contribution >= 4 is 5.69 Å². The maximum absolute atomic E-state index is 9.46. The van der Waals surface area contributed by atoms with Gasteiger partial charge in [0.1, 0.15) is 11.5 Å². The van der Waals surface area contributed by atoms with E-state index in [1.165, 1.54) is 5.56 Å². The third-order valence-electron chi connectivity index (χ3n) is 2.98. The zero-order valence-corrected chi connectivity index (χ0v) is 12.1. The van der Waals surface area contributed by atoms with Crippen LogP contribution in [0.3, 0.4) is 0 Å². The molecule has 0 saturated heterocycles. The van der Waals surface area contributed by atoms with Crippen molar-refractivity contribution in [1.29, 1.82) is 0 Å². The highest BCUT2D eigenvalue weighted by molar-refractivity contribution is 5.49. The largest absolute Gasteiger partial charge is 0.508 e. The molecule has 3 nitrogen and oxygen atoms in total. The van der Waals surface area contributed by atoms with E-state index in [9.17, 15) is 5.11 Å². The fraction of sp³-hybridized carbons (Fsp3) is 0.294. The topological polar surface area (TPSA) is 41.5 Å². The van der Waals surface area contributed by atoms with E-state index in [0.29, 0.717) is 0 Å². The number of anilines is 1. The summed E-state index contributed by atoms with van der Waals surface area (Å²) in [7, 11) is 0. The molecule has 0 amide bonds. The molecule has 2 rings (SSSR count). The number of hydrogen-bond donors (Lipinski definition) is 2. The molecule has 0 saturated carbocycles. The second-order valence-corrected chi connectivity index (χ2v) is 5.15. The molecule has 2 N–H and O–H groups in total. The summed E-state index contributed by atoms with van der Waals surface area (Å²) in [5.41, 5.74) is 2.07. The SMILES string of the molecule is CC(C)Oc1ccc(C(C)Nc2cccc(O)c2)cc1. The van der Waals surface area contributed by atoms with Crippen molar-refractivity contribution in [3.05, 3.63) is 54.1 Å². The first-order chi connectivity index (χ1) is 9.54. The standard InChI is InChI=1S/C17H21NO2/c1-12(2)20-17-9-7-14(8-10-17)13(3)18-15-5-4-6-16(19)11-15/h4-13,18-19H,1-3H3. The summed E-state index contributed by atoms with van der Waals surface area (Å²) < 4.78 is 5.63. The van der Waals surface area contributed by atoms with Crippen LogP contribution in [0, 0.1) is 0 Å². The molecular formula is C17H21NO2. The van der Waals surface area contributed by atoms with E-state index in [2.05, 4.69) is 24.4 Å². The zero-order valence-electron chi connectivity index (χ0n) is 12.1. The Bertz CT molecular complexity index is 549. The first-order valence-electron chi connectivity index (χ1n) is 6.87. The first-order valence-corrected chi connectivity index (χ1v) is 6.87. The summed E-state index contributed by atoms with van der Waals surface area (Å²) in [4.78, 5) is 0. The van der Waals surface area contributed by atoms with Crippen LogP contribution in [0.5, 0.6) is 11.5 Å². The van der Waals surface area contributed by atoms with Crippen LogP contribution in [0.15, 0.2) is 48.5 Å². The van der Waals surface area contributed by atoms with Gasteiger partial charge in [-0.15, -0.1) is 0 Å². The van der Waals surface area contributed by atoms with Crippen molar-refractivity contribution in [3.8, 4) is 11.5 Å². The van der Waals surface area contributed by atoms with Crippen LogP contribution in [-0.2, 0) is 0 Å². The molecule has 0 heterocycles. The molecule has 2 aromatic rings. The quantitative estimate of drug-likeness (QED) is 0.849. The van der Waals surface area contributed by atoms with Crippen molar-refractivity contribution in [2.45, 2.75) is 32.9 Å². The molecule has 0 spiro atoms. The number of hydrogen-bond acceptors (Lipinski definition) is 3. The van der Waals surface area contributed by atoms with Crippen LogP contribution in [0.2, 0.25) is 0 Å². The van der Waals surface area contributed by atoms with Crippen molar-refractivity contribution < 1.29 is 9.84 Å². The lowest BCUT2D eigenvalue weighted by atomic mass is 10.1. The van der Waals surface area contributed by atoms with Gasteiger partial charge in [0.05, 0.1) is 6.10 Å². The van der Waals surface area contributed by atoms with E-state index in [-0.39, 0.29) is 17.9 Å². The zero-order chi connectivity index (χ0) is 14.5. The highest BCUT2D eigenvalue weighted by Crippen LogP contribution is 2.23. The van der Waals surface area contributed by atoms with E-state index in [1.54, 1.807) is 12.1 Å². The average Bonchev–Trinajstić information content (AvgIpc) is 2.38.